The molecule has 21 heavy (non-hydrogen) atoms. The van der Waals surface area contributed by atoms with E-state index in [9.17, 15) is 14.1 Å². The predicted octanol–water partition coefficient (Wildman–Crippen LogP) is 3.73. The lowest BCUT2D eigenvalue weighted by atomic mass is 10.1. The first kappa shape index (κ1) is 13.8. The SMILES string of the molecule is O=Nc1cccc2nc(-c3cccc(I)c3F)c(=O)[nH]c12. The Balaban J connectivity index is 2.35. The van der Waals surface area contributed by atoms with E-state index in [0.717, 1.165) is 0 Å². The molecule has 1 aromatic heterocycles. The molecule has 0 aliphatic rings. The Morgan fingerprint density at radius 3 is 2.71 bits per heavy atom. The minimum absolute atomic E-state index is 0.0263. The van der Waals surface area contributed by atoms with Crippen LogP contribution in [0.3, 0.4) is 0 Å². The number of nitrogens with one attached hydrogen (secondary N) is 1. The maximum atomic E-state index is 14.1. The third-order valence-corrected chi connectivity index (χ3v) is 3.84. The molecule has 0 amide bonds. The molecular formula is C14H7FIN3O2. The van der Waals surface area contributed by atoms with Crippen LogP contribution in [0.15, 0.2) is 46.4 Å². The molecule has 0 bridgehead atoms. The number of benzene rings is 2. The van der Waals surface area contributed by atoms with Crippen molar-refractivity contribution in [3.05, 3.63) is 61.0 Å². The molecular weight excluding hydrogens is 388 g/mol. The average molecular weight is 395 g/mol. The molecule has 0 aliphatic heterocycles. The van der Waals surface area contributed by atoms with Gasteiger partial charge in [0.05, 0.1) is 11.0 Å². The maximum absolute atomic E-state index is 14.1. The molecule has 0 saturated heterocycles. The number of fused-ring (bicyclic) bond motifs is 1. The summed E-state index contributed by atoms with van der Waals surface area (Å²) >= 11 is 1.85. The number of nitrogens with zero attached hydrogens (tertiary/aromatic N) is 2. The van der Waals surface area contributed by atoms with Gasteiger partial charge in [-0.3, -0.25) is 4.79 Å². The van der Waals surface area contributed by atoms with Gasteiger partial charge in [-0.2, -0.15) is 0 Å². The van der Waals surface area contributed by atoms with E-state index in [0.29, 0.717) is 9.09 Å². The number of aromatic nitrogens is 2. The molecule has 0 atom stereocenters. The smallest absolute Gasteiger partial charge is 0.275 e. The molecule has 0 spiro atoms. The molecule has 1 N–H and O–H groups in total. The van der Waals surface area contributed by atoms with Crippen molar-refractivity contribution in [2.45, 2.75) is 0 Å². The van der Waals surface area contributed by atoms with Crippen LogP contribution in [0.1, 0.15) is 0 Å². The quantitative estimate of drug-likeness (QED) is 0.531. The largest absolute Gasteiger partial charge is 0.317 e. The van der Waals surface area contributed by atoms with E-state index in [1.54, 1.807) is 24.3 Å². The molecule has 0 fully saturated rings. The van der Waals surface area contributed by atoms with Crippen LogP contribution in [-0.4, -0.2) is 9.97 Å². The Morgan fingerprint density at radius 2 is 1.95 bits per heavy atom. The maximum Gasteiger partial charge on any atom is 0.275 e. The van der Waals surface area contributed by atoms with Crippen molar-refractivity contribution in [1.82, 2.24) is 9.97 Å². The summed E-state index contributed by atoms with van der Waals surface area (Å²) in [5.74, 6) is -0.500. The summed E-state index contributed by atoms with van der Waals surface area (Å²) < 4.78 is 14.5. The number of hydrogen-bond donors (Lipinski definition) is 1. The molecule has 0 unspecified atom stereocenters. The van der Waals surface area contributed by atoms with Crippen molar-refractivity contribution >= 4 is 39.3 Å². The summed E-state index contributed by atoms with van der Waals surface area (Å²) in [5, 5.41) is 2.84. The lowest BCUT2D eigenvalue weighted by Crippen LogP contribution is -2.12. The molecule has 3 rings (SSSR count). The molecule has 2 aromatic carbocycles. The van der Waals surface area contributed by atoms with Crippen LogP contribution in [0.2, 0.25) is 0 Å². The van der Waals surface area contributed by atoms with Crippen LogP contribution in [-0.2, 0) is 0 Å². The first-order valence-corrected chi connectivity index (χ1v) is 7.00. The summed E-state index contributed by atoms with van der Waals surface area (Å²) in [7, 11) is 0. The topological polar surface area (TPSA) is 75.2 Å². The minimum Gasteiger partial charge on any atom is -0.317 e. The number of aromatic amines is 1. The molecule has 0 aliphatic carbocycles. The lowest BCUT2D eigenvalue weighted by Gasteiger charge is -2.05. The Labute approximate surface area is 131 Å². The van der Waals surface area contributed by atoms with Crippen molar-refractivity contribution in [1.29, 1.82) is 0 Å². The van der Waals surface area contributed by atoms with Crippen LogP contribution in [0.5, 0.6) is 0 Å². The van der Waals surface area contributed by atoms with E-state index in [4.69, 9.17) is 0 Å². The molecule has 1 heterocycles. The van der Waals surface area contributed by atoms with Crippen LogP contribution in [0.4, 0.5) is 10.1 Å². The third-order valence-electron chi connectivity index (χ3n) is 3.01. The number of rotatable bonds is 2. The van der Waals surface area contributed by atoms with Gasteiger partial charge in [0.2, 0.25) is 0 Å². The van der Waals surface area contributed by atoms with Crippen LogP contribution in [0, 0.1) is 14.3 Å². The second-order valence-electron chi connectivity index (χ2n) is 4.28. The van der Waals surface area contributed by atoms with E-state index >= 15 is 0 Å². The molecule has 7 heteroatoms. The summed E-state index contributed by atoms with van der Waals surface area (Å²) in [6, 6.07) is 9.42. The predicted molar refractivity (Wildman–Crippen MR) is 85.9 cm³/mol. The van der Waals surface area contributed by atoms with E-state index in [1.165, 1.54) is 12.1 Å². The number of para-hydroxylation sites is 1. The fourth-order valence-electron chi connectivity index (χ4n) is 2.04. The van der Waals surface area contributed by atoms with Crippen LogP contribution < -0.4 is 5.56 Å². The lowest BCUT2D eigenvalue weighted by molar-refractivity contribution is 0.623. The van der Waals surface area contributed by atoms with Gasteiger partial charge in [-0.05, 0) is 52.0 Å². The van der Waals surface area contributed by atoms with E-state index in [-0.39, 0.29) is 22.5 Å². The standard InChI is InChI=1S/C14H7FIN3O2/c15-11-7(3-1-4-8(11)16)12-14(20)18-13-9(17-12)5-2-6-10(13)19-21/h1-6H,(H,18,20). The molecule has 104 valence electrons. The Morgan fingerprint density at radius 1 is 1.19 bits per heavy atom. The summed E-state index contributed by atoms with van der Waals surface area (Å²) in [6.45, 7) is 0. The molecule has 0 saturated carbocycles. The van der Waals surface area contributed by atoms with Crippen molar-refractivity contribution in [2.24, 2.45) is 5.18 Å². The second kappa shape index (κ2) is 5.32. The Kier molecular flexibility index (Phi) is 3.50. The van der Waals surface area contributed by atoms with Gasteiger partial charge in [-0.15, -0.1) is 4.91 Å². The van der Waals surface area contributed by atoms with Gasteiger partial charge in [0.1, 0.15) is 17.2 Å². The van der Waals surface area contributed by atoms with Crippen LogP contribution >= 0.6 is 22.6 Å². The molecule has 0 radical (unpaired) electrons. The van der Waals surface area contributed by atoms with Crippen molar-refractivity contribution < 1.29 is 4.39 Å². The highest BCUT2D eigenvalue weighted by Gasteiger charge is 2.15. The van der Waals surface area contributed by atoms with E-state index < -0.39 is 11.4 Å². The van der Waals surface area contributed by atoms with E-state index in [1.807, 2.05) is 22.6 Å². The minimum atomic E-state index is -0.570. The normalized spacial score (nSPS) is 10.8. The van der Waals surface area contributed by atoms with Crippen molar-refractivity contribution in [3.63, 3.8) is 0 Å². The zero-order valence-corrected chi connectivity index (χ0v) is 12.6. The zero-order chi connectivity index (χ0) is 15.0. The number of halogens is 2. The van der Waals surface area contributed by atoms with Gasteiger partial charge >= 0.3 is 0 Å². The van der Waals surface area contributed by atoms with Gasteiger partial charge in [0.15, 0.2) is 0 Å². The van der Waals surface area contributed by atoms with Crippen LogP contribution in [0.25, 0.3) is 22.3 Å². The van der Waals surface area contributed by atoms with Crippen molar-refractivity contribution in [3.8, 4) is 11.3 Å². The number of H-pyrrole nitrogens is 1. The first-order chi connectivity index (χ1) is 10.1. The third kappa shape index (κ3) is 2.33. The zero-order valence-electron chi connectivity index (χ0n) is 10.4. The average Bonchev–Trinajstić information content (AvgIpc) is 2.49. The summed E-state index contributed by atoms with van der Waals surface area (Å²) in [5.41, 5.74) is 0.231. The molecule has 3 aromatic rings. The molecule has 5 nitrogen and oxygen atoms in total. The highest BCUT2D eigenvalue weighted by Crippen LogP contribution is 2.26. The van der Waals surface area contributed by atoms with Gasteiger partial charge < -0.3 is 4.98 Å². The highest BCUT2D eigenvalue weighted by atomic mass is 127. The first-order valence-electron chi connectivity index (χ1n) is 5.92. The number of nitroso groups, excluding NO2 is 1. The van der Waals surface area contributed by atoms with Gasteiger partial charge in [-0.25, -0.2) is 9.37 Å². The fourth-order valence-corrected chi connectivity index (χ4v) is 2.54. The monoisotopic (exact) mass is 395 g/mol. The van der Waals surface area contributed by atoms with Gasteiger partial charge in [0.25, 0.3) is 5.56 Å². The van der Waals surface area contributed by atoms with E-state index in [2.05, 4.69) is 15.1 Å². The Hall–Kier alpha value is -2.16. The van der Waals surface area contributed by atoms with Crippen molar-refractivity contribution in [2.75, 3.05) is 0 Å². The number of hydrogen-bond acceptors (Lipinski definition) is 4. The fraction of sp³-hybridized carbons (Fsp3) is 0. The van der Waals surface area contributed by atoms with Gasteiger partial charge in [-0.1, -0.05) is 12.1 Å². The summed E-state index contributed by atoms with van der Waals surface area (Å²) in [6.07, 6.45) is 0. The second-order valence-corrected chi connectivity index (χ2v) is 5.44. The summed E-state index contributed by atoms with van der Waals surface area (Å²) in [4.78, 5) is 29.6. The van der Waals surface area contributed by atoms with Gasteiger partial charge in [0, 0.05) is 9.13 Å². The Bertz CT molecular complexity index is 924. The highest BCUT2D eigenvalue weighted by molar-refractivity contribution is 14.1.